The van der Waals surface area contributed by atoms with E-state index in [9.17, 15) is 9.59 Å². The molecular weight excluding hydrogens is 408 g/mol. The second kappa shape index (κ2) is 8.50. The highest BCUT2D eigenvalue weighted by molar-refractivity contribution is 5.85. The van der Waals surface area contributed by atoms with Gasteiger partial charge in [0.25, 0.3) is 11.5 Å². The Bertz CT molecular complexity index is 1340. The van der Waals surface area contributed by atoms with Crippen molar-refractivity contribution in [1.82, 2.24) is 20.1 Å². The Balaban J connectivity index is 1.38. The number of nitrogens with one attached hydrogen (secondary N) is 1. The molecule has 5 rings (SSSR count). The smallest absolute Gasteiger partial charge is 0.274 e. The highest BCUT2D eigenvalue weighted by Crippen LogP contribution is 2.30. The summed E-state index contributed by atoms with van der Waals surface area (Å²) < 4.78 is 12.8. The Morgan fingerprint density at radius 2 is 1.81 bits per heavy atom. The van der Waals surface area contributed by atoms with Gasteiger partial charge in [0.2, 0.25) is 6.10 Å². The largest absolute Gasteiger partial charge is 0.485 e. The Labute approximate surface area is 183 Å². The number of amides is 1. The van der Waals surface area contributed by atoms with Crippen LogP contribution in [0.5, 0.6) is 11.5 Å². The average molecular weight is 428 g/mol. The lowest BCUT2D eigenvalue weighted by atomic mass is 10.1. The van der Waals surface area contributed by atoms with E-state index >= 15 is 0 Å². The highest BCUT2D eigenvalue weighted by Gasteiger charge is 2.27. The normalized spacial score (nSPS) is 14.8. The van der Waals surface area contributed by atoms with Gasteiger partial charge in [0.15, 0.2) is 11.5 Å². The van der Waals surface area contributed by atoms with E-state index in [1.54, 1.807) is 30.6 Å². The van der Waals surface area contributed by atoms with Crippen LogP contribution in [0.4, 0.5) is 0 Å². The second-order valence-electron chi connectivity index (χ2n) is 7.40. The van der Waals surface area contributed by atoms with Gasteiger partial charge in [-0.1, -0.05) is 36.4 Å². The summed E-state index contributed by atoms with van der Waals surface area (Å²) in [6.45, 7) is 0.556. The summed E-state index contributed by atoms with van der Waals surface area (Å²) in [5, 5.41) is 8.65. The van der Waals surface area contributed by atoms with E-state index in [-0.39, 0.29) is 31.2 Å². The molecule has 0 saturated heterocycles. The van der Waals surface area contributed by atoms with Gasteiger partial charge in [-0.05, 0) is 29.8 Å². The van der Waals surface area contributed by atoms with Crippen molar-refractivity contribution in [3.05, 3.63) is 94.7 Å². The summed E-state index contributed by atoms with van der Waals surface area (Å²) in [5.74, 6) is 0.842. The predicted octanol–water partition coefficient (Wildman–Crippen LogP) is 2.30. The first-order valence-electron chi connectivity index (χ1n) is 10.2. The Morgan fingerprint density at radius 3 is 2.62 bits per heavy atom. The van der Waals surface area contributed by atoms with Gasteiger partial charge in [-0.2, -0.15) is 5.10 Å². The molecule has 0 radical (unpaired) electrons. The first-order chi connectivity index (χ1) is 15.7. The number of aromatic nitrogens is 3. The number of hydrogen-bond donors (Lipinski definition) is 1. The van der Waals surface area contributed by atoms with E-state index < -0.39 is 6.10 Å². The molecule has 2 aromatic heterocycles. The van der Waals surface area contributed by atoms with Crippen LogP contribution in [0.15, 0.2) is 77.9 Å². The third kappa shape index (κ3) is 3.90. The molecule has 4 aromatic rings. The van der Waals surface area contributed by atoms with Crippen LogP contribution in [0.25, 0.3) is 10.8 Å². The minimum absolute atomic E-state index is 0.123. The Kier molecular flexibility index (Phi) is 5.25. The van der Waals surface area contributed by atoms with Crippen molar-refractivity contribution in [2.75, 3.05) is 6.61 Å². The monoisotopic (exact) mass is 428 g/mol. The second-order valence-corrected chi connectivity index (χ2v) is 7.40. The third-order valence-corrected chi connectivity index (χ3v) is 5.23. The molecule has 0 bridgehead atoms. The standard InChI is InChI=1S/C24H20N4O4/c29-23(22-15-31-20-9-3-4-10-21(20)32-22)26-13-19-17-7-1-2-8-18(17)24(30)28(27-19)14-16-6-5-11-25-12-16/h1-12,22H,13-15H2,(H,26,29). The summed E-state index contributed by atoms with van der Waals surface area (Å²) in [4.78, 5) is 29.8. The fourth-order valence-corrected chi connectivity index (χ4v) is 3.64. The fraction of sp³-hybridized carbons (Fsp3) is 0.167. The lowest BCUT2D eigenvalue weighted by molar-refractivity contribution is -0.130. The number of para-hydroxylation sites is 2. The molecule has 1 amide bonds. The van der Waals surface area contributed by atoms with Crippen LogP contribution in [0.3, 0.4) is 0 Å². The Hall–Kier alpha value is -4.20. The SMILES string of the molecule is O=C(NCc1nn(Cc2cccnc2)c(=O)c2ccccc12)C1COc2ccccc2O1. The van der Waals surface area contributed by atoms with Crippen LogP contribution in [-0.2, 0) is 17.9 Å². The van der Waals surface area contributed by atoms with E-state index in [2.05, 4.69) is 15.4 Å². The molecule has 0 saturated carbocycles. The minimum Gasteiger partial charge on any atom is -0.485 e. The average Bonchev–Trinajstić information content (AvgIpc) is 2.85. The number of ether oxygens (including phenoxy) is 2. The molecule has 1 aliphatic rings. The first kappa shape index (κ1) is 19.7. The zero-order valence-electron chi connectivity index (χ0n) is 17.1. The van der Waals surface area contributed by atoms with Crippen molar-refractivity contribution < 1.29 is 14.3 Å². The number of rotatable bonds is 5. The topological polar surface area (TPSA) is 95.3 Å². The van der Waals surface area contributed by atoms with Crippen molar-refractivity contribution in [2.24, 2.45) is 0 Å². The number of carbonyl (C=O) groups is 1. The van der Waals surface area contributed by atoms with E-state index in [1.165, 1.54) is 4.68 Å². The number of carbonyl (C=O) groups excluding carboxylic acids is 1. The van der Waals surface area contributed by atoms with E-state index in [0.717, 1.165) is 5.56 Å². The van der Waals surface area contributed by atoms with Crippen molar-refractivity contribution in [3.8, 4) is 11.5 Å². The van der Waals surface area contributed by atoms with Gasteiger partial charge < -0.3 is 14.8 Å². The molecule has 0 aliphatic carbocycles. The third-order valence-electron chi connectivity index (χ3n) is 5.23. The Morgan fingerprint density at radius 1 is 1.03 bits per heavy atom. The number of pyridine rings is 1. The molecule has 1 unspecified atom stereocenters. The molecule has 8 heteroatoms. The van der Waals surface area contributed by atoms with Gasteiger partial charge >= 0.3 is 0 Å². The highest BCUT2D eigenvalue weighted by atomic mass is 16.6. The molecule has 1 aliphatic heterocycles. The fourth-order valence-electron chi connectivity index (χ4n) is 3.64. The van der Waals surface area contributed by atoms with Crippen molar-refractivity contribution in [3.63, 3.8) is 0 Å². The van der Waals surface area contributed by atoms with Crippen LogP contribution >= 0.6 is 0 Å². The van der Waals surface area contributed by atoms with Gasteiger partial charge in [-0.3, -0.25) is 14.6 Å². The summed E-state index contributed by atoms with van der Waals surface area (Å²) in [5.41, 5.74) is 1.26. The van der Waals surface area contributed by atoms with Crippen LogP contribution in [0, 0.1) is 0 Å². The van der Waals surface area contributed by atoms with Gasteiger partial charge in [-0.25, -0.2) is 4.68 Å². The summed E-state index contributed by atoms with van der Waals surface area (Å²) in [6, 6.07) is 18.2. The minimum atomic E-state index is -0.766. The van der Waals surface area contributed by atoms with E-state index in [4.69, 9.17) is 9.47 Å². The number of fused-ring (bicyclic) bond motifs is 2. The van der Waals surface area contributed by atoms with E-state index in [0.29, 0.717) is 28.0 Å². The molecule has 8 nitrogen and oxygen atoms in total. The van der Waals surface area contributed by atoms with Crippen LogP contribution in [-0.4, -0.2) is 33.4 Å². The van der Waals surface area contributed by atoms with Crippen LogP contribution in [0.2, 0.25) is 0 Å². The molecule has 0 fully saturated rings. The molecule has 2 aromatic carbocycles. The lowest BCUT2D eigenvalue weighted by Gasteiger charge is -2.25. The molecule has 1 atom stereocenters. The maximum absolute atomic E-state index is 12.9. The molecule has 32 heavy (non-hydrogen) atoms. The zero-order valence-corrected chi connectivity index (χ0v) is 17.1. The maximum atomic E-state index is 12.9. The van der Waals surface area contributed by atoms with E-state index in [1.807, 2.05) is 42.5 Å². The number of hydrogen-bond acceptors (Lipinski definition) is 6. The van der Waals surface area contributed by atoms with Gasteiger partial charge in [-0.15, -0.1) is 0 Å². The van der Waals surface area contributed by atoms with Crippen molar-refractivity contribution in [1.29, 1.82) is 0 Å². The lowest BCUT2D eigenvalue weighted by Crippen LogP contribution is -2.44. The summed E-state index contributed by atoms with van der Waals surface area (Å²) in [7, 11) is 0. The van der Waals surface area contributed by atoms with Gasteiger partial charge in [0, 0.05) is 17.8 Å². The van der Waals surface area contributed by atoms with Crippen LogP contribution in [0.1, 0.15) is 11.3 Å². The van der Waals surface area contributed by atoms with Gasteiger partial charge in [0.1, 0.15) is 6.61 Å². The molecule has 160 valence electrons. The molecule has 3 heterocycles. The summed E-state index contributed by atoms with van der Waals surface area (Å²) in [6.07, 6.45) is 2.61. The molecule has 0 spiro atoms. The first-order valence-corrected chi connectivity index (χ1v) is 10.2. The summed E-state index contributed by atoms with van der Waals surface area (Å²) >= 11 is 0. The van der Waals surface area contributed by atoms with Gasteiger partial charge in [0.05, 0.1) is 24.2 Å². The maximum Gasteiger partial charge on any atom is 0.274 e. The molecular formula is C24H20N4O4. The predicted molar refractivity (Wildman–Crippen MR) is 118 cm³/mol. The van der Waals surface area contributed by atoms with Crippen LogP contribution < -0.4 is 20.3 Å². The van der Waals surface area contributed by atoms with Crippen molar-refractivity contribution >= 4 is 16.7 Å². The molecule has 1 N–H and O–H groups in total. The zero-order chi connectivity index (χ0) is 21.9. The quantitative estimate of drug-likeness (QED) is 0.524. The number of nitrogens with zero attached hydrogens (tertiary/aromatic N) is 3. The number of benzene rings is 2. The van der Waals surface area contributed by atoms with Crippen molar-refractivity contribution in [2.45, 2.75) is 19.2 Å².